The minimum Gasteiger partial charge on any atom is -0.351 e. The number of aromatic nitrogens is 4. The van der Waals surface area contributed by atoms with E-state index in [1.807, 2.05) is 0 Å². The minimum absolute atomic E-state index is 0.594. The fourth-order valence-corrected chi connectivity index (χ4v) is 0.288. The van der Waals surface area contributed by atoms with Crippen LogP contribution in [0, 0.1) is 0 Å². The molecule has 1 rings (SSSR count). The third-order valence-corrected chi connectivity index (χ3v) is 0.613. The zero-order valence-corrected chi connectivity index (χ0v) is 3.76. The molecule has 0 saturated heterocycles. The first kappa shape index (κ1) is 4.20. The molecule has 5 heteroatoms. The van der Waals surface area contributed by atoms with Crippen molar-refractivity contribution in [2.45, 2.75) is 6.54 Å². The number of tetrazole rings is 1. The quantitative estimate of drug-likeness (QED) is 0.425. The Labute approximate surface area is 39.9 Å². The van der Waals surface area contributed by atoms with Crippen LogP contribution in [0.25, 0.3) is 0 Å². The van der Waals surface area contributed by atoms with Crippen LogP contribution in [0.2, 0.25) is 0 Å². The molecule has 0 aliphatic rings. The van der Waals surface area contributed by atoms with Gasteiger partial charge in [0.25, 0.3) is 0 Å². The van der Waals surface area contributed by atoms with E-state index in [0.29, 0.717) is 12.4 Å². The number of hydrogen-bond donors (Lipinski definition) is 2. The molecule has 0 atom stereocenters. The molecule has 0 fully saturated rings. The van der Waals surface area contributed by atoms with E-state index in [-0.39, 0.29) is 0 Å². The Kier molecular flexibility index (Phi) is 0.991. The zero-order valence-electron chi connectivity index (χ0n) is 3.76. The SMILES string of the molecule is [NH3+]Cc1nn[nH]n1. The monoisotopic (exact) mass is 100 g/mol. The summed E-state index contributed by atoms with van der Waals surface area (Å²) in [6.45, 7) is 0.594. The van der Waals surface area contributed by atoms with Gasteiger partial charge in [-0.05, 0) is 5.21 Å². The van der Waals surface area contributed by atoms with E-state index in [2.05, 4.69) is 26.4 Å². The molecule has 0 unspecified atom stereocenters. The Bertz CT molecular complexity index is 121. The molecule has 5 nitrogen and oxygen atoms in total. The molecule has 4 N–H and O–H groups in total. The smallest absolute Gasteiger partial charge is 0.228 e. The van der Waals surface area contributed by atoms with Crippen molar-refractivity contribution in [2.75, 3.05) is 0 Å². The third-order valence-electron chi connectivity index (χ3n) is 0.613. The highest BCUT2D eigenvalue weighted by atomic mass is 15.5. The topological polar surface area (TPSA) is 82.1 Å². The normalized spacial score (nSPS) is 9.29. The lowest BCUT2D eigenvalue weighted by Crippen LogP contribution is -2.48. The lowest BCUT2D eigenvalue weighted by atomic mass is 10.7. The molecule has 0 aliphatic carbocycles. The number of quaternary nitrogens is 1. The van der Waals surface area contributed by atoms with Crippen LogP contribution in [0.1, 0.15) is 5.82 Å². The second-order valence-electron chi connectivity index (χ2n) is 1.08. The molecule has 1 aromatic rings. The standard InChI is InChI=1S/C2H5N5/c3-1-2-4-6-7-5-2/h1,3H2,(H,4,5,6,7)/p+1. The van der Waals surface area contributed by atoms with Gasteiger partial charge in [0.1, 0.15) is 6.54 Å². The molecule has 0 radical (unpaired) electrons. The summed E-state index contributed by atoms with van der Waals surface area (Å²) in [6.07, 6.45) is 0. The van der Waals surface area contributed by atoms with E-state index in [0.717, 1.165) is 0 Å². The van der Waals surface area contributed by atoms with E-state index in [9.17, 15) is 0 Å². The largest absolute Gasteiger partial charge is 0.351 e. The summed E-state index contributed by atoms with van der Waals surface area (Å²) in [5.74, 6) is 0.653. The van der Waals surface area contributed by atoms with Gasteiger partial charge in [-0.25, -0.2) is 0 Å². The highest BCUT2D eigenvalue weighted by Gasteiger charge is 1.90. The molecule has 0 bridgehead atoms. The van der Waals surface area contributed by atoms with E-state index < -0.39 is 0 Å². The predicted octanol–water partition coefficient (Wildman–Crippen LogP) is -2.06. The van der Waals surface area contributed by atoms with Crippen molar-refractivity contribution in [3.63, 3.8) is 0 Å². The highest BCUT2D eigenvalue weighted by Crippen LogP contribution is 1.71. The van der Waals surface area contributed by atoms with E-state index in [4.69, 9.17) is 0 Å². The van der Waals surface area contributed by atoms with Gasteiger partial charge in [-0.1, -0.05) is 0 Å². The molecule has 0 aromatic carbocycles. The fourth-order valence-electron chi connectivity index (χ4n) is 0.288. The van der Waals surface area contributed by atoms with Gasteiger partial charge in [0.05, 0.1) is 0 Å². The Balaban J connectivity index is 2.76. The Morgan fingerprint density at radius 3 is 2.86 bits per heavy atom. The van der Waals surface area contributed by atoms with Crippen LogP contribution < -0.4 is 5.73 Å². The van der Waals surface area contributed by atoms with Crippen LogP contribution in [-0.4, -0.2) is 20.6 Å². The summed E-state index contributed by atoms with van der Waals surface area (Å²) in [4.78, 5) is 0. The Morgan fingerprint density at radius 1 is 1.71 bits per heavy atom. The summed E-state index contributed by atoms with van der Waals surface area (Å²) in [5, 5.41) is 12.9. The van der Waals surface area contributed by atoms with Gasteiger partial charge < -0.3 is 5.73 Å². The average Bonchev–Trinajstić information content (AvgIpc) is 2.14. The van der Waals surface area contributed by atoms with E-state index >= 15 is 0 Å². The fraction of sp³-hybridized carbons (Fsp3) is 0.500. The number of aromatic amines is 1. The van der Waals surface area contributed by atoms with Gasteiger partial charge in [0.15, 0.2) is 0 Å². The Hall–Kier alpha value is -0.970. The molecule has 1 heterocycles. The highest BCUT2D eigenvalue weighted by molar-refractivity contribution is 4.67. The number of rotatable bonds is 1. The van der Waals surface area contributed by atoms with Crippen molar-refractivity contribution in [1.82, 2.24) is 20.6 Å². The van der Waals surface area contributed by atoms with E-state index in [1.165, 1.54) is 0 Å². The number of nitrogens with zero attached hydrogens (tertiary/aromatic N) is 3. The minimum atomic E-state index is 0.594. The molecule has 0 aliphatic heterocycles. The van der Waals surface area contributed by atoms with Crippen LogP contribution >= 0.6 is 0 Å². The average molecular weight is 100 g/mol. The van der Waals surface area contributed by atoms with Gasteiger partial charge in [-0.15, -0.1) is 10.2 Å². The first-order valence-corrected chi connectivity index (χ1v) is 1.95. The zero-order chi connectivity index (χ0) is 5.11. The van der Waals surface area contributed by atoms with Crippen LogP contribution in [0.5, 0.6) is 0 Å². The second kappa shape index (κ2) is 1.65. The molecule has 1 aromatic heterocycles. The third kappa shape index (κ3) is 0.716. The summed E-state index contributed by atoms with van der Waals surface area (Å²) in [5.41, 5.74) is 3.54. The van der Waals surface area contributed by atoms with Crippen LogP contribution in [0.15, 0.2) is 0 Å². The number of H-pyrrole nitrogens is 1. The van der Waals surface area contributed by atoms with Crippen molar-refractivity contribution in [3.05, 3.63) is 5.82 Å². The van der Waals surface area contributed by atoms with Crippen LogP contribution in [0.4, 0.5) is 0 Å². The lowest BCUT2D eigenvalue weighted by molar-refractivity contribution is -0.388. The molecular formula is C2H6N5+. The molecule has 38 valence electrons. The van der Waals surface area contributed by atoms with Gasteiger partial charge in [0, 0.05) is 0 Å². The van der Waals surface area contributed by atoms with Gasteiger partial charge >= 0.3 is 0 Å². The number of nitrogens with one attached hydrogen (secondary N) is 1. The first-order valence-electron chi connectivity index (χ1n) is 1.95. The molecular weight excluding hydrogens is 94.1 g/mol. The van der Waals surface area contributed by atoms with Crippen LogP contribution in [0.3, 0.4) is 0 Å². The van der Waals surface area contributed by atoms with Crippen LogP contribution in [-0.2, 0) is 6.54 Å². The predicted molar refractivity (Wildman–Crippen MR) is 20.8 cm³/mol. The number of hydrogen-bond acceptors (Lipinski definition) is 3. The second-order valence-corrected chi connectivity index (χ2v) is 1.08. The summed E-state index contributed by atoms with van der Waals surface area (Å²) < 4.78 is 0. The first-order chi connectivity index (χ1) is 3.43. The molecule has 7 heavy (non-hydrogen) atoms. The maximum absolute atomic E-state index is 3.62. The van der Waals surface area contributed by atoms with Gasteiger partial charge in [0.2, 0.25) is 5.82 Å². The maximum atomic E-state index is 3.62. The summed E-state index contributed by atoms with van der Waals surface area (Å²) in [7, 11) is 0. The maximum Gasteiger partial charge on any atom is 0.228 e. The van der Waals surface area contributed by atoms with E-state index in [1.54, 1.807) is 0 Å². The van der Waals surface area contributed by atoms with Gasteiger partial charge in [-0.2, -0.15) is 5.21 Å². The summed E-state index contributed by atoms with van der Waals surface area (Å²) >= 11 is 0. The van der Waals surface area contributed by atoms with Crippen molar-refractivity contribution in [2.24, 2.45) is 0 Å². The molecule has 0 saturated carbocycles. The van der Waals surface area contributed by atoms with Crippen molar-refractivity contribution in [3.8, 4) is 0 Å². The van der Waals surface area contributed by atoms with Crippen molar-refractivity contribution < 1.29 is 5.73 Å². The van der Waals surface area contributed by atoms with Gasteiger partial charge in [-0.3, -0.25) is 0 Å². The molecule has 0 amide bonds. The Morgan fingerprint density at radius 2 is 2.57 bits per heavy atom. The van der Waals surface area contributed by atoms with Crippen molar-refractivity contribution in [1.29, 1.82) is 0 Å². The lowest BCUT2D eigenvalue weighted by Gasteiger charge is -1.70. The van der Waals surface area contributed by atoms with Crippen molar-refractivity contribution >= 4 is 0 Å². The molecule has 0 spiro atoms. The summed E-state index contributed by atoms with van der Waals surface area (Å²) in [6, 6.07) is 0.